The van der Waals surface area contributed by atoms with Gasteiger partial charge in [0.2, 0.25) is 11.8 Å². The van der Waals surface area contributed by atoms with Crippen molar-refractivity contribution in [3.05, 3.63) is 106 Å². The summed E-state index contributed by atoms with van der Waals surface area (Å²) in [6.07, 6.45) is 1.25. The Balaban J connectivity index is 1.84. The highest BCUT2D eigenvalue weighted by atomic mass is 35.5. The molecule has 0 aliphatic rings. The molecule has 0 saturated carbocycles. The van der Waals surface area contributed by atoms with Crippen molar-refractivity contribution in [1.82, 2.24) is 10.2 Å². The van der Waals surface area contributed by atoms with Crippen LogP contribution in [0.15, 0.2) is 78.9 Å². The van der Waals surface area contributed by atoms with Crippen molar-refractivity contribution in [1.29, 1.82) is 0 Å². The molecule has 0 aromatic heterocycles. The summed E-state index contributed by atoms with van der Waals surface area (Å²) < 4.78 is 0. The predicted octanol–water partition coefficient (Wildman–Crippen LogP) is 6.39. The second kappa shape index (κ2) is 14.2. The minimum atomic E-state index is -0.642. The SMILES string of the molecule is CCCNC(=O)[C@H](Cc1ccccc1)N(Cc1cccc(Cl)c1)C(=O)CSCc1ccccc1Cl. The van der Waals surface area contributed by atoms with E-state index in [9.17, 15) is 9.59 Å². The number of halogens is 2. The fourth-order valence-corrected chi connectivity index (χ4v) is 5.11. The maximum Gasteiger partial charge on any atom is 0.243 e. The van der Waals surface area contributed by atoms with Crippen LogP contribution in [0.2, 0.25) is 10.0 Å². The van der Waals surface area contributed by atoms with Crippen LogP contribution in [0.5, 0.6) is 0 Å². The number of rotatable bonds is 12. The standard InChI is InChI=1S/C28H30Cl2N2O2S/c1-2-15-31-28(34)26(17-21-9-4-3-5-10-21)32(18-22-11-8-13-24(29)16-22)27(33)20-35-19-23-12-6-7-14-25(23)30/h3-14,16,26H,2,15,17-20H2,1H3,(H,31,34)/t26-/m0/s1. The van der Waals surface area contributed by atoms with E-state index in [1.165, 1.54) is 11.8 Å². The number of carbonyl (C=O) groups is 2. The molecule has 0 aliphatic carbocycles. The number of nitrogens with zero attached hydrogens (tertiary/aromatic N) is 1. The Morgan fingerprint density at radius 3 is 2.37 bits per heavy atom. The van der Waals surface area contributed by atoms with Crippen molar-refractivity contribution in [3.8, 4) is 0 Å². The lowest BCUT2D eigenvalue weighted by atomic mass is 10.0. The Hall–Kier alpha value is -2.47. The molecule has 2 amide bonds. The van der Waals surface area contributed by atoms with Crippen molar-refractivity contribution in [2.45, 2.75) is 38.1 Å². The van der Waals surface area contributed by atoms with Gasteiger partial charge in [0.1, 0.15) is 6.04 Å². The van der Waals surface area contributed by atoms with Crippen LogP contribution >= 0.6 is 35.0 Å². The van der Waals surface area contributed by atoms with Crippen LogP contribution in [-0.4, -0.2) is 35.1 Å². The van der Waals surface area contributed by atoms with Gasteiger partial charge in [0.25, 0.3) is 0 Å². The van der Waals surface area contributed by atoms with Crippen LogP contribution in [0.1, 0.15) is 30.0 Å². The molecule has 3 aromatic rings. The molecule has 3 rings (SSSR count). The maximum absolute atomic E-state index is 13.6. The monoisotopic (exact) mass is 528 g/mol. The van der Waals surface area contributed by atoms with Crippen molar-refractivity contribution in [2.24, 2.45) is 0 Å². The second-order valence-corrected chi connectivity index (χ2v) is 10.1. The zero-order valence-electron chi connectivity index (χ0n) is 19.8. The molecular formula is C28H30Cl2N2O2S. The normalized spacial score (nSPS) is 11.6. The average Bonchev–Trinajstić information content (AvgIpc) is 2.86. The fourth-order valence-electron chi connectivity index (χ4n) is 3.70. The Labute approximate surface area is 222 Å². The van der Waals surface area contributed by atoms with E-state index in [4.69, 9.17) is 23.2 Å². The first-order valence-corrected chi connectivity index (χ1v) is 13.6. The van der Waals surface area contributed by atoms with E-state index in [0.29, 0.717) is 35.3 Å². The van der Waals surface area contributed by atoms with Crippen molar-refractivity contribution < 1.29 is 9.59 Å². The smallest absolute Gasteiger partial charge is 0.243 e. The first kappa shape index (κ1) is 27.1. The van der Waals surface area contributed by atoms with Gasteiger partial charge in [-0.1, -0.05) is 90.8 Å². The number of carbonyl (C=O) groups excluding carboxylic acids is 2. The number of benzene rings is 3. The molecule has 4 nitrogen and oxygen atoms in total. The van der Waals surface area contributed by atoms with E-state index < -0.39 is 6.04 Å². The molecule has 0 spiro atoms. The summed E-state index contributed by atoms with van der Waals surface area (Å²) in [5, 5.41) is 4.27. The third-order valence-corrected chi connectivity index (χ3v) is 7.07. The van der Waals surface area contributed by atoms with E-state index in [1.54, 1.807) is 11.0 Å². The van der Waals surface area contributed by atoms with Gasteiger partial charge < -0.3 is 10.2 Å². The van der Waals surface area contributed by atoms with Gasteiger partial charge >= 0.3 is 0 Å². The zero-order chi connectivity index (χ0) is 25.0. The molecule has 3 aromatic carbocycles. The summed E-state index contributed by atoms with van der Waals surface area (Å²) >= 11 is 14.0. The Kier molecular flexibility index (Phi) is 11.0. The highest BCUT2D eigenvalue weighted by Crippen LogP contribution is 2.23. The molecule has 1 N–H and O–H groups in total. The molecule has 1 atom stereocenters. The lowest BCUT2D eigenvalue weighted by Gasteiger charge is -2.31. The molecule has 0 unspecified atom stereocenters. The lowest BCUT2D eigenvalue weighted by molar-refractivity contribution is -0.139. The fraction of sp³-hybridized carbons (Fsp3) is 0.286. The second-order valence-electron chi connectivity index (χ2n) is 8.23. The first-order valence-electron chi connectivity index (χ1n) is 11.6. The van der Waals surface area contributed by atoms with E-state index >= 15 is 0 Å². The molecule has 0 fully saturated rings. The molecule has 35 heavy (non-hydrogen) atoms. The minimum Gasteiger partial charge on any atom is -0.354 e. The van der Waals surface area contributed by atoms with E-state index in [2.05, 4.69) is 5.32 Å². The number of hydrogen-bond donors (Lipinski definition) is 1. The molecule has 0 heterocycles. The molecule has 184 valence electrons. The Morgan fingerprint density at radius 2 is 1.66 bits per heavy atom. The van der Waals surface area contributed by atoms with E-state index in [1.807, 2.05) is 79.7 Å². The molecular weight excluding hydrogens is 499 g/mol. The summed E-state index contributed by atoms with van der Waals surface area (Å²) in [4.78, 5) is 28.6. The van der Waals surface area contributed by atoms with Crippen molar-refractivity contribution in [3.63, 3.8) is 0 Å². The number of amides is 2. The quantitative estimate of drug-likeness (QED) is 0.296. The van der Waals surface area contributed by atoms with Crippen LogP contribution in [0.3, 0.4) is 0 Å². The van der Waals surface area contributed by atoms with Gasteiger partial charge in [0, 0.05) is 35.3 Å². The van der Waals surface area contributed by atoms with Gasteiger partial charge in [-0.3, -0.25) is 9.59 Å². The number of thioether (sulfide) groups is 1. The molecule has 0 saturated heterocycles. The van der Waals surface area contributed by atoms with Gasteiger partial charge in [-0.15, -0.1) is 11.8 Å². The van der Waals surface area contributed by atoms with Gasteiger partial charge in [0.15, 0.2) is 0 Å². The predicted molar refractivity (Wildman–Crippen MR) is 147 cm³/mol. The maximum atomic E-state index is 13.6. The summed E-state index contributed by atoms with van der Waals surface area (Å²) in [5.74, 6) is 0.594. The van der Waals surface area contributed by atoms with Crippen LogP contribution in [-0.2, 0) is 28.3 Å². The first-order chi connectivity index (χ1) is 17.0. The Bertz CT molecular complexity index is 1110. The third kappa shape index (κ3) is 8.60. The van der Waals surface area contributed by atoms with Crippen LogP contribution in [0.25, 0.3) is 0 Å². The van der Waals surface area contributed by atoms with Crippen LogP contribution < -0.4 is 5.32 Å². The molecule has 0 radical (unpaired) electrons. The lowest BCUT2D eigenvalue weighted by Crippen LogP contribution is -2.51. The largest absolute Gasteiger partial charge is 0.354 e. The summed E-state index contributed by atoms with van der Waals surface area (Å²) in [6.45, 7) is 2.86. The van der Waals surface area contributed by atoms with Gasteiger partial charge in [-0.2, -0.15) is 0 Å². The zero-order valence-corrected chi connectivity index (χ0v) is 22.1. The third-order valence-electron chi connectivity index (χ3n) is 5.50. The highest BCUT2D eigenvalue weighted by molar-refractivity contribution is 7.99. The van der Waals surface area contributed by atoms with E-state index in [-0.39, 0.29) is 17.6 Å². The van der Waals surface area contributed by atoms with E-state index in [0.717, 1.165) is 23.1 Å². The molecule has 0 bridgehead atoms. The Morgan fingerprint density at radius 1 is 0.943 bits per heavy atom. The highest BCUT2D eigenvalue weighted by Gasteiger charge is 2.30. The van der Waals surface area contributed by atoms with Crippen LogP contribution in [0, 0.1) is 0 Å². The summed E-state index contributed by atoms with van der Waals surface area (Å²) in [5.41, 5.74) is 2.86. The van der Waals surface area contributed by atoms with Crippen molar-refractivity contribution >= 4 is 46.8 Å². The summed E-state index contributed by atoms with van der Waals surface area (Å²) in [7, 11) is 0. The molecule has 0 aliphatic heterocycles. The molecule has 7 heteroatoms. The minimum absolute atomic E-state index is 0.102. The number of nitrogens with one attached hydrogen (secondary N) is 1. The summed E-state index contributed by atoms with van der Waals surface area (Å²) in [6, 6.07) is 24.2. The number of hydrogen-bond acceptors (Lipinski definition) is 3. The van der Waals surface area contributed by atoms with Crippen molar-refractivity contribution in [2.75, 3.05) is 12.3 Å². The van der Waals surface area contributed by atoms with Gasteiger partial charge in [-0.05, 0) is 41.3 Å². The average molecular weight is 530 g/mol. The van der Waals surface area contributed by atoms with Gasteiger partial charge in [0.05, 0.1) is 5.75 Å². The topological polar surface area (TPSA) is 49.4 Å². The van der Waals surface area contributed by atoms with Crippen LogP contribution in [0.4, 0.5) is 0 Å². The van der Waals surface area contributed by atoms with Gasteiger partial charge in [-0.25, -0.2) is 0 Å².